The molecule has 5 rings (SSSR count). The number of hydrogen-bond acceptors (Lipinski definition) is 5. The van der Waals surface area contributed by atoms with E-state index in [1.54, 1.807) is 6.07 Å². The van der Waals surface area contributed by atoms with Crippen LogP contribution in [0.2, 0.25) is 0 Å². The van der Waals surface area contributed by atoms with Gasteiger partial charge in [0.15, 0.2) is 0 Å². The molecule has 36 heavy (non-hydrogen) atoms. The van der Waals surface area contributed by atoms with Crippen LogP contribution in [0.5, 0.6) is 0 Å². The Morgan fingerprint density at radius 3 is 2.64 bits per heavy atom. The fourth-order valence-corrected chi connectivity index (χ4v) is 5.35. The van der Waals surface area contributed by atoms with E-state index in [9.17, 15) is 9.59 Å². The molecule has 0 aliphatic carbocycles. The second-order valence-electron chi connectivity index (χ2n) is 9.14. The van der Waals surface area contributed by atoms with Gasteiger partial charge in [-0.25, -0.2) is 0 Å². The summed E-state index contributed by atoms with van der Waals surface area (Å²) in [6.07, 6.45) is 3.77. The molecule has 2 N–H and O–H groups in total. The third kappa shape index (κ3) is 4.96. The average molecular weight is 501 g/mol. The third-order valence-corrected chi connectivity index (χ3v) is 7.26. The van der Waals surface area contributed by atoms with Crippen LogP contribution in [0, 0.1) is 6.92 Å². The number of rotatable bonds is 5. The number of hydrogen-bond donors (Lipinski definition) is 2. The Hall–Kier alpha value is -3.75. The number of nitrogens with zero attached hydrogens (tertiary/aromatic N) is 2. The smallest absolute Gasteiger partial charge is 0.266 e. The van der Waals surface area contributed by atoms with Gasteiger partial charge in [0.1, 0.15) is 0 Å². The van der Waals surface area contributed by atoms with Crippen molar-refractivity contribution >= 4 is 51.9 Å². The predicted octanol–water partition coefficient (Wildman–Crippen LogP) is 5.60. The van der Waals surface area contributed by atoms with Gasteiger partial charge in [-0.3, -0.25) is 14.7 Å². The molecule has 2 aromatic heterocycles. The fraction of sp³-hybridized carbons (Fsp3) is 0.250. The van der Waals surface area contributed by atoms with E-state index in [0.29, 0.717) is 29.2 Å². The Morgan fingerprint density at radius 2 is 1.89 bits per heavy atom. The molecule has 0 spiro atoms. The SMILES string of the molecule is Cc1ccsc1C(=O)Nc1cc(C(=O)N2C[C@@H](C)O[C@@H](C)C2)ccc1/C=C/c1n[nH]c2ccccc12. The van der Waals surface area contributed by atoms with Gasteiger partial charge >= 0.3 is 0 Å². The Kier molecular flexibility index (Phi) is 6.71. The predicted molar refractivity (Wildman–Crippen MR) is 144 cm³/mol. The van der Waals surface area contributed by atoms with Crippen LogP contribution in [0.3, 0.4) is 0 Å². The van der Waals surface area contributed by atoms with Crippen molar-refractivity contribution in [3.8, 4) is 0 Å². The highest BCUT2D eigenvalue weighted by Crippen LogP contribution is 2.26. The molecule has 2 atom stereocenters. The molecule has 1 fully saturated rings. The number of morpholine rings is 1. The second-order valence-corrected chi connectivity index (χ2v) is 10.1. The summed E-state index contributed by atoms with van der Waals surface area (Å²) in [5.74, 6) is -0.269. The summed E-state index contributed by atoms with van der Waals surface area (Å²) in [5, 5.41) is 13.4. The number of aryl methyl sites for hydroxylation is 1. The largest absolute Gasteiger partial charge is 0.372 e. The van der Waals surface area contributed by atoms with Crippen LogP contribution >= 0.6 is 11.3 Å². The highest BCUT2D eigenvalue weighted by molar-refractivity contribution is 7.12. The summed E-state index contributed by atoms with van der Waals surface area (Å²) in [6.45, 7) is 6.92. The zero-order valence-electron chi connectivity index (χ0n) is 20.4. The highest BCUT2D eigenvalue weighted by Gasteiger charge is 2.27. The third-order valence-electron chi connectivity index (χ3n) is 6.24. The lowest BCUT2D eigenvalue weighted by molar-refractivity contribution is -0.0586. The molecule has 184 valence electrons. The summed E-state index contributed by atoms with van der Waals surface area (Å²) < 4.78 is 5.78. The van der Waals surface area contributed by atoms with Gasteiger partial charge in [-0.2, -0.15) is 5.10 Å². The summed E-state index contributed by atoms with van der Waals surface area (Å²) in [7, 11) is 0. The standard InChI is InChI=1S/C28H28N4O3S/c1-17-12-13-36-26(17)27(33)29-25-14-21(28(34)32-15-18(2)35-19(3)16-32)9-8-20(25)10-11-24-22-6-4-5-7-23(22)30-31-24/h4-14,18-19H,15-16H2,1-3H3,(H,29,33)(H,30,31)/b11-10+/t18-,19+. The van der Waals surface area contributed by atoms with Crippen LogP contribution in [0.25, 0.3) is 23.1 Å². The van der Waals surface area contributed by atoms with Crippen molar-refractivity contribution in [3.05, 3.63) is 81.2 Å². The van der Waals surface area contributed by atoms with Crippen LogP contribution in [0.1, 0.15) is 50.7 Å². The molecule has 0 unspecified atom stereocenters. The molecule has 3 heterocycles. The zero-order valence-corrected chi connectivity index (χ0v) is 21.3. The molecule has 1 aliphatic heterocycles. The number of para-hydroxylation sites is 1. The van der Waals surface area contributed by atoms with Gasteiger partial charge in [0.25, 0.3) is 11.8 Å². The Bertz CT molecular complexity index is 1440. The number of aromatic amines is 1. The van der Waals surface area contributed by atoms with E-state index in [1.807, 2.05) is 85.7 Å². The van der Waals surface area contributed by atoms with Crippen LogP contribution in [0.4, 0.5) is 5.69 Å². The maximum absolute atomic E-state index is 13.3. The number of nitrogens with one attached hydrogen (secondary N) is 2. The highest BCUT2D eigenvalue weighted by atomic mass is 32.1. The summed E-state index contributed by atoms with van der Waals surface area (Å²) in [5.41, 5.74) is 4.55. The number of fused-ring (bicyclic) bond motifs is 1. The van der Waals surface area contributed by atoms with Gasteiger partial charge in [-0.05, 0) is 67.6 Å². The summed E-state index contributed by atoms with van der Waals surface area (Å²) in [6, 6.07) is 15.3. The second kappa shape index (κ2) is 10.1. The quantitative estimate of drug-likeness (QED) is 0.373. The number of thiophene rings is 1. The molecule has 1 aliphatic rings. The van der Waals surface area contributed by atoms with E-state index >= 15 is 0 Å². The van der Waals surface area contributed by atoms with E-state index in [0.717, 1.165) is 27.7 Å². The molecule has 0 saturated carbocycles. The number of H-pyrrole nitrogens is 1. The fourth-order valence-electron chi connectivity index (χ4n) is 4.53. The van der Waals surface area contributed by atoms with Gasteiger partial charge in [0, 0.05) is 29.7 Å². The van der Waals surface area contributed by atoms with Crippen LogP contribution < -0.4 is 5.32 Å². The van der Waals surface area contributed by atoms with Gasteiger partial charge in [-0.15, -0.1) is 11.3 Å². The number of amides is 2. The Balaban J connectivity index is 1.48. The van der Waals surface area contributed by atoms with E-state index < -0.39 is 0 Å². The lowest BCUT2D eigenvalue weighted by atomic mass is 10.1. The normalized spacial score (nSPS) is 18.1. The summed E-state index contributed by atoms with van der Waals surface area (Å²) in [4.78, 5) is 28.9. The van der Waals surface area contributed by atoms with E-state index in [4.69, 9.17) is 4.74 Å². The number of ether oxygens (including phenoxy) is 1. The van der Waals surface area contributed by atoms with E-state index in [1.165, 1.54) is 11.3 Å². The molecule has 2 amide bonds. The molecule has 8 heteroatoms. The van der Waals surface area contributed by atoms with Crippen molar-refractivity contribution < 1.29 is 14.3 Å². The number of carbonyl (C=O) groups is 2. The van der Waals surface area contributed by atoms with Gasteiger partial charge in [-0.1, -0.05) is 30.3 Å². The first-order chi connectivity index (χ1) is 17.4. The van der Waals surface area contributed by atoms with Crippen LogP contribution in [-0.4, -0.2) is 52.2 Å². The topological polar surface area (TPSA) is 87.3 Å². The number of benzene rings is 2. The first-order valence-corrected chi connectivity index (χ1v) is 12.8. The van der Waals surface area contributed by atoms with Crippen molar-refractivity contribution in [1.29, 1.82) is 0 Å². The van der Waals surface area contributed by atoms with Crippen molar-refractivity contribution in [3.63, 3.8) is 0 Å². The van der Waals surface area contributed by atoms with Crippen LogP contribution in [0.15, 0.2) is 53.9 Å². The molecule has 0 radical (unpaired) electrons. The first kappa shape index (κ1) is 24.0. The zero-order chi connectivity index (χ0) is 25.2. The number of aromatic nitrogens is 2. The minimum Gasteiger partial charge on any atom is -0.372 e. The Morgan fingerprint density at radius 1 is 1.11 bits per heavy atom. The summed E-state index contributed by atoms with van der Waals surface area (Å²) >= 11 is 1.40. The lowest BCUT2D eigenvalue weighted by Gasteiger charge is -2.35. The maximum atomic E-state index is 13.3. The maximum Gasteiger partial charge on any atom is 0.266 e. The van der Waals surface area contributed by atoms with Crippen molar-refractivity contribution in [1.82, 2.24) is 15.1 Å². The van der Waals surface area contributed by atoms with Crippen molar-refractivity contribution in [2.75, 3.05) is 18.4 Å². The molecular weight excluding hydrogens is 472 g/mol. The molecule has 4 aromatic rings. The minimum atomic E-state index is -0.194. The van der Waals surface area contributed by atoms with Gasteiger partial charge in [0.05, 0.1) is 28.3 Å². The molecule has 0 bridgehead atoms. The molecular formula is C28H28N4O3S. The molecule has 7 nitrogen and oxygen atoms in total. The van der Waals surface area contributed by atoms with Crippen LogP contribution in [-0.2, 0) is 4.74 Å². The first-order valence-electron chi connectivity index (χ1n) is 11.9. The molecule has 1 saturated heterocycles. The molecule has 2 aromatic carbocycles. The van der Waals surface area contributed by atoms with E-state index in [-0.39, 0.29) is 24.0 Å². The van der Waals surface area contributed by atoms with Crippen molar-refractivity contribution in [2.24, 2.45) is 0 Å². The Labute approximate surface area is 213 Å². The lowest BCUT2D eigenvalue weighted by Crippen LogP contribution is -2.48. The number of anilines is 1. The van der Waals surface area contributed by atoms with E-state index in [2.05, 4.69) is 15.5 Å². The monoisotopic (exact) mass is 500 g/mol. The number of carbonyl (C=O) groups excluding carboxylic acids is 2. The van der Waals surface area contributed by atoms with Crippen molar-refractivity contribution in [2.45, 2.75) is 33.0 Å². The van der Waals surface area contributed by atoms with Gasteiger partial charge in [0.2, 0.25) is 0 Å². The average Bonchev–Trinajstić information content (AvgIpc) is 3.48. The minimum absolute atomic E-state index is 0.0236. The van der Waals surface area contributed by atoms with Gasteiger partial charge < -0.3 is 15.0 Å².